The smallest absolute Gasteiger partial charge is 0.123 e. The average Bonchev–Trinajstić information content (AvgIpc) is 2.09. The lowest BCUT2D eigenvalue weighted by Crippen LogP contribution is -2.08. The van der Waals surface area contributed by atoms with Crippen molar-refractivity contribution in [1.29, 1.82) is 0 Å². The molecule has 0 spiro atoms. The summed E-state index contributed by atoms with van der Waals surface area (Å²) in [5, 5.41) is 9.65. The molecular formula is C13H20O2. The second kappa shape index (κ2) is 4.56. The molecule has 2 nitrogen and oxygen atoms in total. The van der Waals surface area contributed by atoms with Crippen LogP contribution in [-0.2, 0) is 0 Å². The van der Waals surface area contributed by atoms with E-state index >= 15 is 0 Å². The third kappa shape index (κ3) is 2.88. The van der Waals surface area contributed by atoms with Gasteiger partial charge in [-0.05, 0) is 44.4 Å². The Hall–Kier alpha value is -1.18. The molecule has 0 aliphatic rings. The van der Waals surface area contributed by atoms with Crippen LogP contribution in [0.25, 0.3) is 0 Å². The SMILES string of the molecule is Cc1cc(OC(C)C)c(C(C)C)cc1O. The molecular weight excluding hydrogens is 188 g/mol. The molecule has 0 atom stereocenters. The Morgan fingerprint density at radius 3 is 2.20 bits per heavy atom. The van der Waals surface area contributed by atoms with E-state index in [0.29, 0.717) is 11.7 Å². The Morgan fingerprint density at radius 1 is 1.13 bits per heavy atom. The van der Waals surface area contributed by atoms with Gasteiger partial charge in [0, 0.05) is 5.56 Å². The van der Waals surface area contributed by atoms with Gasteiger partial charge in [-0.15, -0.1) is 0 Å². The lowest BCUT2D eigenvalue weighted by Gasteiger charge is -2.17. The van der Waals surface area contributed by atoms with Crippen LogP contribution in [0.3, 0.4) is 0 Å². The van der Waals surface area contributed by atoms with E-state index in [0.717, 1.165) is 16.9 Å². The van der Waals surface area contributed by atoms with Gasteiger partial charge < -0.3 is 9.84 Å². The number of hydrogen-bond acceptors (Lipinski definition) is 2. The molecule has 0 bridgehead atoms. The fourth-order valence-electron chi connectivity index (χ4n) is 1.49. The largest absolute Gasteiger partial charge is 0.508 e. The summed E-state index contributed by atoms with van der Waals surface area (Å²) in [5.41, 5.74) is 1.92. The number of aryl methyl sites for hydroxylation is 1. The Labute approximate surface area is 91.9 Å². The van der Waals surface area contributed by atoms with Crippen molar-refractivity contribution in [3.05, 3.63) is 23.3 Å². The summed E-state index contributed by atoms with van der Waals surface area (Å²) in [6.07, 6.45) is 0.159. The highest BCUT2D eigenvalue weighted by molar-refractivity contribution is 5.46. The number of ether oxygens (including phenoxy) is 1. The van der Waals surface area contributed by atoms with E-state index in [9.17, 15) is 5.11 Å². The molecule has 1 aromatic rings. The molecule has 84 valence electrons. The van der Waals surface area contributed by atoms with E-state index < -0.39 is 0 Å². The van der Waals surface area contributed by atoms with Gasteiger partial charge in [0.25, 0.3) is 0 Å². The molecule has 0 fully saturated rings. The summed E-state index contributed by atoms with van der Waals surface area (Å²) in [4.78, 5) is 0. The van der Waals surface area contributed by atoms with Crippen LogP contribution in [-0.4, -0.2) is 11.2 Å². The minimum absolute atomic E-state index is 0.159. The first-order valence-electron chi connectivity index (χ1n) is 5.42. The van der Waals surface area contributed by atoms with Gasteiger partial charge in [0.1, 0.15) is 11.5 Å². The lowest BCUT2D eigenvalue weighted by molar-refractivity contribution is 0.238. The number of rotatable bonds is 3. The zero-order valence-corrected chi connectivity index (χ0v) is 10.2. The van der Waals surface area contributed by atoms with Crippen molar-refractivity contribution in [2.75, 3.05) is 0 Å². The summed E-state index contributed by atoms with van der Waals surface area (Å²) < 4.78 is 5.73. The molecule has 0 aliphatic carbocycles. The van der Waals surface area contributed by atoms with E-state index in [1.807, 2.05) is 26.8 Å². The van der Waals surface area contributed by atoms with Gasteiger partial charge in [-0.2, -0.15) is 0 Å². The van der Waals surface area contributed by atoms with Crippen molar-refractivity contribution in [3.63, 3.8) is 0 Å². The molecule has 0 saturated carbocycles. The first kappa shape index (κ1) is 11.9. The van der Waals surface area contributed by atoms with Crippen LogP contribution in [0, 0.1) is 6.92 Å². The molecule has 0 aromatic heterocycles. The summed E-state index contributed by atoms with van der Waals surface area (Å²) in [6.45, 7) is 10.1. The topological polar surface area (TPSA) is 29.5 Å². The fraction of sp³-hybridized carbons (Fsp3) is 0.538. The second-order valence-corrected chi connectivity index (χ2v) is 4.50. The highest BCUT2D eigenvalue weighted by Crippen LogP contribution is 2.33. The van der Waals surface area contributed by atoms with E-state index in [4.69, 9.17) is 4.74 Å². The molecule has 0 radical (unpaired) electrons. The van der Waals surface area contributed by atoms with Gasteiger partial charge in [0.15, 0.2) is 0 Å². The number of phenolic OH excluding ortho intramolecular Hbond substituents is 1. The molecule has 1 rings (SSSR count). The van der Waals surface area contributed by atoms with Gasteiger partial charge in [0.2, 0.25) is 0 Å². The van der Waals surface area contributed by atoms with Gasteiger partial charge in [0.05, 0.1) is 6.10 Å². The molecule has 1 aromatic carbocycles. The molecule has 0 aliphatic heterocycles. The Morgan fingerprint density at radius 2 is 1.73 bits per heavy atom. The van der Waals surface area contributed by atoms with Crippen LogP contribution in [0.1, 0.15) is 44.7 Å². The van der Waals surface area contributed by atoms with Gasteiger partial charge in [-0.25, -0.2) is 0 Å². The highest BCUT2D eigenvalue weighted by atomic mass is 16.5. The van der Waals surface area contributed by atoms with E-state index in [2.05, 4.69) is 13.8 Å². The summed E-state index contributed by atoms with van der Waals surface area (Å²) in [5.74, 6) is 1.58. The molecule has 0 saturated heterocycles. The monoisotopic (exact) mass is 208 g/mol. The maximum atomic E-state index is 9.65. The van der Waals surface area contributed by atoms with Crippen LogP contribution in [0.4, 0.5) is 0 Å². The molecule has 0 amide bonds. The van der Waals surface area contributed by atoms with Crippen molar-refractivity contribution < 1.29 is 9.84 Å². The van der Waals surface area contributed by atoms with Gasteiger partial charge >= 0.3 is 0 Å². The van der Waals surface area contributed by atoms with E-state index in [1.165, 1.54) is 0 Å². The quantitative estimate of drug-likeness (QED) is 0.822. The Bertz CT molecular complexity index is 341. The minimum atomic E-state index is 0.159. The predicted octanol–water partition coefficient (Wildman–Crippen LogP) is 3.61. The standard InChI is InChI=1S/C13H20O2/c1-8(2)11-7-12(14)10(5)6-13(11)15-9(3)4/h6-9,14H,1-5H3. The third-order valence-corrected chi connectivity index (χ3v) is 2.31. The molecule has 2 heteroatoms. The van der Waals surface area contributed by atoms with Gasteiger partial charge in [-0.3, -0.25) is 0 Å². The maximum absolute atomic E-state index is 9.65. The first-order valence-corrected chi connectivity index (χ1v) is 5.42. The fourth-order valence-corrected chi connectivity index (χ4v) is 1.49. The van der Waals surface area contributed by atoms with Crippen LogP contribution in [0.5, 0.6) is 11.5 Å². The van der Waals surface area contributed by atoms with Crippen molar-refractivity contribution >= 4 is 0 Å². The second-order valence-electron chi connectivity index (χ2n) is 4.50. The van der Waals surface area contributed by atoms with Gasteiger partial charge in [-0.1, -0.05) is 13.8 Å². The van der Waals surface area contributed by atoms with Crippen LogP contribution in [0.15, 0.2) is 12.1 Å². The molecule has 1 N–H and O–H groups in total. The van der Waals surface area contributed by atoms with Crippen LogP contribution >= 0.6 is 0 Å². The zero-order valence-electron chi connectivity index (χ0n) is 10.2. The minimum Gasteiger partial charge on any atom is -0.508 e. The Balaban J connectivity index is 3.16. The predicted molar refractivity (Wildman–Crippen MR) is 62.7 cm³/mol. The first-order chi connectivity index (χ1) is 6.91. The van der Waals surface area contributed by atoms with Crippen LogP contribution in [0.2, 0.25) is 0 Å². The Kier molecular flexibility index (Phi) is 3.61. The maximum Gasteiger partial charge on any atom is 0.123 e. The summed E-state index contributed by atoms with van der Waals surface area (Å²) in [6, 6.07) is 3.71. The highest BCUT2D eigenvalue weighted by Gasteiger charge is 2.12. The molecule has 0 heterocycles. The normalized spacial score (nSPS) is 11.1. The molecule has 0 unspecified atom stereocenters. The number of benzene rings is 1. The van der Waals surface area contributed by atoms with Crippen LogP contribution < -0.4 is 4.74 Å². The van der Waals surface area contributed by atoms with E-state index in [1.54, 1.807) is 6.07 Å². The van der Waals surface area contributed by atoms with Crippen molar-refractivity contribution in [3.8, 4) is 11.5 Å². The molecule has 15 heavy (non-hydrogen) atoms. The lowest BCUT2D eigenvalue weighted by atomic mass is 10.00. The zero-order chi connectivity index (χ0) is 11.6. The van der Waals surface area contributed by atoms with E-state index in [-0.39, 0.29) is 6.10 Å². The van der Waals surface area contributed by atoms with Crippen molar-refractivity contribution in [1.82, 2.24) is 0 Å². The van der Waals surface area contributed by atoms with Crippen molar-refractivity contribution in [2.24, 2.45) is 0 Å². The number of aromatic hydroxyl groups is 1. The van der Waals surface area contributed by atoms with Crippen molar-refractivity contribution in [2.45, 2.75) is 46.6 Å². The summed E-state index contributed by atoms with van der Waals surface area (Å²) in [7, 11) is 0. The average molecular weight is 208 g/mol. The number of phenols is 1. The number of hydrogen-bond donors (Lipinski definition) is 1. The third-order valence-electron chi connectivity index (χ3n) is 2.31. The summed E-state index contributed by atoms with van der Waals surface area (Å²) >= 11 is 0.